The fourth-order valence-corrected chi connectivity index (χ4v) is 3.21. The topological polar surface area (TPSA) is 24.5 Å². The first-order valence-electron chi connectivity index (χ1n) is 8.16. The summed E-state index contributed by atoms with van der Waals surface area (Å²) in [6.07, 6.45) is 0. The van der Waals surface area contributed by atoms with Gasteiger partial charge in [0.1, 0.15) is 0 Å². The van der Waals surface area contributed by atoms with Crippen molar-refractivity contribution >= 4 is 0 Å². The molecule has 0 aromatic carbocycles. The zero-order chi connectivity index (χ0) is 15.5. The number of nitrogens with zero attached hydrogens (tertiary/aromatic N) is 1. The molecule has 1 N–H and O–H groups in total. The highest BCUT2D eigenvalue weighted by Gasteiger charge is 2.39. The molecule has 0 aromatic rings. The monoisotopic (exact) mass is 284 g/mol. The third kappa shape index (κ3) is 4.44. The van der Waals surface area contributed by atoms with Gasteiger partial charge >= 0.3 is 0 Å². The standard InChI is InChI=1S/C17H36N2O/c1-12(2)14-9-18-16(17(5,6)7)10-19(14)15(11-20-8)13(3)4/h12-16,18H,9-11H2,1-8H3. The highest BCUT2D eigenvalue weighted by molar-refractivity contribution is 4.96. The third-order valence-electron chi connectivity index (χ3n) is 4.74. The van der Waals surface area contributed by atoms with Gasteiger partial charge in [0.15, 0.2) is 0 Å². The summed E-state index contributed by atoms with van der Waals surface area (Å²) in [5, 5.41) is 3.77. The summed E-state index contributed by atoms with van der Waals surface area (Å²) in [6.45, 7) is 19.3. The van der Waals surface area contributed by atoms with E-state index in [-0.39, 0.29) is 0 Å². The Morgan fingerprint density at radius 3 is 2.20 bits per heavy atom. The fourth-order valence-electron chi connectivity index (χ4n) is 3.21. The molecule has 20 heavy (non-hydrogen) atoms. The Balaban J connectivity index is 2.92. The van der Waals surface area contributed by atoms with Gasteiger partial charge in [-0.05, 0) is 17.3 Å². The van der Waals surface area contributed by atoms with E-state index < -0.39 is 0 Å². The first kappa shape index (κ1) is 17.9. The van der Waals surface area contributed by atoms with Crippen molar-refractivity contribution in [3.8, 4) is 0 Å². The van der Waals surface area contributed by atoms with Crippen LogP contribution in [0.1, 0.15) is 48.5 Å². The molecule has 3 heteroatoms. The van der Waals surface area contributed by atoms with Crippen molar-refractivity contribution in [2.45, 2.75) is 66.6 Å². The van der Waals surface area contributed by atoms with Crippen molar-refractivity contribution in [2.24, 2.45) is 17.3 Å². The molecule has 0 aliphatic carbocycles. The number of hydrogen-bond acceptors (Lipinski definition) is 3. The highest BCUT2D eigenvalue weighted by atomic mass is 16.5. The Morgan fingerprint density at radius 1 is 1.20 bits per heavy atom. The molecular weight excluding hydrogens is 248 g/mol. The molecule has 1 saturated heterocycles. The van der Waals surface area contributed by atoms with Gasteiger partial charge in [0.2, 0.25) is 0 Å². The van der Waals surface area contributed by atoms with Crippen LogP contribution in [0.5, 0.6) is 0 Å². The molecule has 0 amide bonds. The predicted octanol–water partition coefficient (Wildman–Crippen LogP) is 3.00. The van der Waals surface area contributed by atoms with Crippen molar-refractivity contribution in [2.75, 3.05) is 26.8 Å². The van der Waals surface area contributed by atoms with Crippen LogP contribution >= 0.6 is 0 Å². The maximum Gasteiger partial charge on any atom is 0.0620 e. The van der Waals surface area contributed by atoms with E-state index in [0.29, 0.717) is 35.4 Å². The molecule has 3 nitrogen and oxygen atoms in total. The number of rotatable bonds is 5. The highest BCUT2D eigenvalue weighted by Crippen LogP contribution is 2.28. The van der Waals surface area contributed by atoms with Crippen LogP contribution < -0.4 is 5.32 Å². The number of methoxy groups -OCH3 is 1. The van der Waals surface area contributed by atoms with E-state index in [1.807, 2.05) is 7.11 Å². The van der Waals surface area contributed by atoms with Gasteiger partial charge in [-0.2, -0.15) is 0 Å². The van der Waals surface area contributed by atoms with Crippen molar-refractivity contribution in [1.82, 2.24) is 10.2 Å². The van der Waals surface area contributed by atoms with E-state index in [4.69, 9.17) is 4.74 Å². The SMILES string of the molecule is COCC(C(C)C)N1CC(C(C)(C)C)NCC1C(C)C. The first-order chi connectivity index (χ1) is 9.18. The lowest BCUT2D eigenvalue weighted by Gasteiger charge is -2.50. The zero-order valence-electron chi connectivity index (χ0n) is 14.9. The predicted molar refractivity (Wildman–Crippen MR) is 87.1 cm³/mol. The second kappa shape index (κ2) is 7.24. The summed E-state index contributed by atoms with van der Waals surface area (Å²) in [5.74, 6) is 1.29. The molecule has 0 bridgehead atoms. The third-order valence-corrected chi connectivity index (χ3v) is 4.74. The summed E-state index contributed by atoms with van der Waals surface area (Å²) in [4.78, 5) is 2.71. The zero-order valence-corrected chi connectivity index (χ0v) is 14.9. The summed E-state index contributed by atoms with van der Waals surface area (Å²) < 4.78 is 5.51. The lowest BCUT2D eigenvalue weighted by Crippen LogP contribution is -2.65. The lowest BCUT2D eigenvalue weighted by molar-refractivity contribution is -0.0170. The van der Waals surface area contributed by atoms with Crippen LogP contribution in [0.4, 0.5) is 0 Å². The minimum Gasteiger partial charge on any atom is -0.383 e. The van der Waals surface area contributed by atoms with Gasteiger partial charge in [-0.1, -0.05) is 48.5 Å². The number of piperazine rings is 1. The van der Waals surface area contributed by atoms with Gasteiger partial charge in [0.25, 0.3) is 0 Å². The Morgan fingerprint density at radius 2 is 1.80 bits per heavy atom. The van der Waals surface area contributed by atoms with E-state index >= 15 is 0 Å². The minimum atomic E-state index is 0.300. The molecule has 0 radical (unpaired) electrons. The molecule has 1 rings (SSSR count). The minimum absolute atomic E-state index is 0.300. The van der Waals surface area contributed by atoms with Gasteiger partial charge in [-0.25, -0.2) is 0 Å². The summed E-state index contributed by atoms with van der Waals surface area (Å²) >= 11 is 0. The van der Waals surface area contributed by atoms with E-state index in [2.05, 4.69) is 58.7 Å². The van der Waals surface area contributed by atoms with Crippen LogP contribution in [0.15, 0.2) is 0 Å². The Hall–Kier alpha value is -0.120. The smallest absolute Gasteiger partial charge is 0.0620 e. The number of ether oxygens (including phenoxy) is 1. The second-order valence-corrected chi connectivity index (χ2v) is 8.10. The summed E-state index contributed by atoms with van der Waals surface area (Å²) in [5.41, 5.74) is 0.300. The largest absolute Gasteiger partial charge is 0.383 e. The first-order valence-corrected chi connectivity index (χ1v) is 8.16. The summed E-state index contributed by atoms with van der Waals surface area (Å²) in [6, 6.07) is 1.67. The van der Waals surface area contributed by atoms with Crippen molar-refractivity contribution in [3.05, 3.63) is 0 Å². The molecule has 1 aliphatic rings. The summed E-state index contributed by atoms with van der Waals surface area (Å²) in [7, 11) is 1.82. The second-order valence-electron chi connectivity index (χ2n) is 8.10. The molecule has 3 unspecified atom stereocenters. The molecule has 0 saturated carbocycles. The van der Waals surface area contributed by atoms with E-state index in [0.717, 1.165) is 19.7 Å². The van der Waals surface area contributed by atoms with Crippen molar-refractivity contribution in [1.29, 1.82) is 0 Å². The number of hydrogen-bond donors (Lipinski definition) is 1. The molecule has 0 aromatic heterocycles. The van der Waals surface area contributed by atoms with E-state index in [9.17, 15) is 0 Å². The van der Waals surface area contributed by atoms with Gasteiger partial charge < -0.3 is 10.1 Å². The normalized spacial score (nSPS) is 27.3. The molecular formula is C17H36N2O. The Bertz CT molecular complexity index is 283. The van der Waals surface area contributed by atoms with E-state index in [1.54, 1.807) is 0 Å². The molecule has 120 valence electrons. The molecule has 0 spiro atoms. The molecule has 1 heterocycles. The Kier molecular flexibility index (Phi) is 6.49. The van der Waals surface area contributed by atoms with Gasteiger partial charge in [-0.3, -0.25) is 4.90 Å². The van der Waals surface area contributed by atoms with Gasteiger partial charge in [-0.15, -0.1) is 0 Å². The maximum absolute atomic E-state index is 5.51. The lowest BCUT2D eigenvalue weighted by atomic mass is 9.82. The quantitative estimate of drug-likeness (QED) is 0.840. The Labute approximate surface area is 126 Å². The van der Waals surface area contributed by atoms with Gasteiger partial charge in [0.05, 0.1) is 6.61 Å². The van der Waals surface area contributed by atoms with Crippen LogP contribution in [0.25, 0.3) is 0 Å². The van der Waals surface area contributed by atoms with Gasteiger partial charge in [0, 0.05) is 38.3 Å². The van der Waals surface area contributed by atoms with Crippen LogP contribution in [0, 0.1) is 17.3 Å². The average molecular weight is 284 g/mol. The van der Waals surface area contributed by atoms with Crippen LogP contribution in [-0.2, 0) is 4.74 Å². The van der Waals surface area contributed by atoms with Crippen LogP contribution in [0.2, 0.25) is 0 Å². The molecule has 1 aliphatic heterocycles. The van der Waals surface area contributed by atoms with Crippen LogP contribution in [-0.4, -0.2) is 49.8 Å². The molecule has 1 fully saturated rings. The van der Waals surface area contributed by atoms with Crippen molar-refractivity contribution in [3.63, 3.8) is 0 Å². The number of nitrogens with one attached hydrogen (secondary N) is 1. The van der Waals surface area contributed by atoms with E-state index in [1.165, 1.54) is 0 Å². The molecule has 3 atom stereocenters. The average Bonchev–Trinajstić information content (AvgIpc) is 2.33. The fraction of sp³-hybridized carbons (Fsp3) is 1.00. The van der Waals surface area contributed by atoms with Crippen molar-refractivity contribution < 1.29 is 4.74 Å². The maximum atomic E-state index is 5.51. The van der Waals surface area contributed by atoms with Crippen LogP contribution in [0.3, 0.4) is 0 Å².